The summed E-state index contributed by atoms with van der Waals surface area (Å²) in [5.41, 5.74) is -3.61. The van der Waals surface area contributed by atoms with Gasteiger partial charge < -0.3 is 15.7 Å². The molecular formula is C20H24F4N2O2. The lowest BCUT2D eigenvalue weighted by atomic mass is 9.73. The number of methoxy groups -OCH3 is 1. The lowest BCUT2D eigenvalue weighted by molar-refractivity contribution is -0.266. The summed E-state index contributed by atoms with van der Waals surface area (Å²) in [7, 11) is 1.35. The highest BCUT2D eigenvalue weighted by Crippen LogP contribution is 2.45. The molecule has 2 rings (SSSR count). The fourth-order valence-electron chi connectivity index (χ4n) is 3.42. The van der Waals surface area contributed by atoms with E-state index in [1.54, 1.807) is 0 Å². The van der Waals surface area contributed by atoms with Crippen LogP contribution in [-0.2, 0) is 11.8 Å². The van der Waals surface area contributed by atoms with Crippen LogP contribution in [0.25, 0.3) is 6.08 Å². The van der Waals surface area contributed by atoms with E-state index in [1.165, 1.54) is 45.2 Å². The molecule has 0 fully saturated rings. The van der Waals surface area contributed by atoms with Gasteiger partial charge in [0.1, 0.15) is 11.6 Å². The monoisotopic (exact) mass is 400 g/mol. The lowest BCUT2D eigenvalue weighted by Crippen LogP contribution is -2.51. The zero-order valence-corrected chi connectivity index (χ0v) is 16.0. The third kappa shape index (κ3) is 4.16. The van der Waals surface area contributed by atoms with Crippen molar-refractivity contribution in [1.82, 2.24) is 4.68 Å². The number of hydrogen-bond donors (Lipinski definition) is 2. The van der Waals surface area contributed by atoms with Crippen LogP contribution in [0.4, 0.5) is 17.6 Å². The highest BCUT2D eigenvalue weighted by molar-refractivity contribution is 5.44. The van der Waals surface area contributed by atoms with Gasteiger partial charge in [0.05, 0.1) is 12.8 Å². The maximum atomic E-state index is 13.9. The van der Waals surface area contributed by atoms with Gasteiger partial charge in [0.25, 0.3) is 0 Å². The number of aliphatic hydroxyl groups is 1. The van der Waals surface area contributed by atoms with Gasteiger partial charge in [0.2, 0.25) is 0 Å². The van der Waals surface area contributed by atoms with Crippen LogP contribution < -0.4 is 10.6 Å². The molecule has 1 aromatic heterocycles. The quantitative estimate of drug-likeness (QED) is 0.541. The first-order valence-electron chi connectivity index (χ1n) is 8.56. The van der Waals surface area contributed by atoms with Crippen molar-refractivity contribution in [2.24, 2.45) is 0 Å². The van der Waals surface area contributed by atoms with Crippen molar-refractivity contribution < 1.29 is 27.4 Å². The number of ether oxygens (including phenoxy) is 1. The van der Waals surface area contributed by atoms with Gasteiger partial charge in [-0.25, -0.2) is 4.39 Å². The molecule has 0 amide bonds. The smallest absolute Gasteiger partial charge is 0.417 e. The van der Waals surface area contributed by atoms with Gasteiger partial charge in [-0.15, -0.1) is 0 Å². The maximum absolute atomic E-state index is 13.9. The fourth-order valence-corrected chi connectivity index (χ4v) is 3.42. The molecule has 0 bridgehead atoms. The van der Waals surface area contributed by atoms with Gasteiger partial charge in [-0.2, -0.15) is 13.2 Å². The van der Waals surface area contributed by atoms with Crippen molar-refractivity contribution >= 4 is 6.08 Å². The first-order chi connectivity index (χ1) is 12.8. The molecule has 0 aliphatic heterocycles. The molecule has 0 spiro atoms. The van der Waals surface area contributed by atoms with Crippen molar-refractivity contribution in [3.05, 3.63) is 59.7 Å². The normalized spacial score (nSPS) is 14.6. The molecule has 28 heavy (non-hydrogen) atoms. The first-order valence-corrected chi connectivity index (χ1v) is 8.56. The summed E-state index contributed by atoms with van der Waals surface area (Å²) < 4.78 is 61.7. The average molecular weight is 400 g/mol. The number of alkyl halides is 3. The molecule has 1 aromatic carbocycles. The van der Waals surface area contributed by atoms with E-state index in [-0.39, 0.29) is 17.0 Å². The van der Waals surface area contributed by atoms with E-state index in [9.17, 15) is 22.7 Å². The Balaban J connectivity index is 2.47. The molecule has 154 valence electrons. The molecule has 3 N–H and O–H groups in total. The molecule has 8 heteroatoms. The predicted molar refractivity (Wildman–Crippen MR) is 100.0 cm³/mol. The van der Waals surface area contributed by atoms with E-state index in [1.807, 2.05) is 0 Å². The Labute approximate surface area is 161 Å². The number of halogens is 4. The summed E-state index contributed by atoms with van der Waals surface area (Å²) in [5.74, 6) is 5.44. The Morgan fingerprint density at radius 3 is 2.36 bits per heavy atom. The van der Waals surface area contributed by atoms with Crippen LogP contribution in [0.15, 0.2) is 36.9 Å². The summed E-state index contributed by atoms with van der Waals surface area (Å²) in [5, 5.41) is 10.7. The second-order valence-corrected chi connectivity index (χ2v) is 7.44. The number of benzene rings is 1. The van der Waals surface area contributed by atoms with E-state index in [2.05, 4.69) is 6.58 Å². The molecule has 1 heterocycles. The van der Waals surface area contributed by atoms with Crippen LogP contribution in [0.2, 0.25) is 0 Å². The van der Waals surface area contributed by atoms with Crippen molar-refractivity contribution in [2.45, 2.75) is 43.9 Å². The molecule has 1 atom stereocenters. The van der Waals surface area contributed by atoms with Gasteiger partial charge in [-0.3, -0.25) is 4.68 Å². The van der Waals surface area contributed by atoms with Gasteiger partial charge in [0, 0.05) is 17.7 Å². The molecule has 0 radical (unpaired) electrons. The highest BCUT2D eigenvalue weighted by Gasteiger charge is 2.56. The number of hydrogen-bond acceptors (Lipinski definition) is 3. The Morgan fingerprint density at radius 2 is 1.86 bits per heavy atom. The molecule has 0 aliphatic carbocycles. The largest absolute Gasteiger partial charge is 0.496 e. The van der Waals surface area contributed by atoms with E-state index < -0.39 is 35.9 Å². The SMILES string of the molecule is C=Cc1ccc(CC(O)(CC(C)(C)c2cc(F)ccc2OC)C(F)(F)F)n1N. The number of nitrogens with two attached hydrogens (primary N) is 1. The third-order valence-corrected chi connectivity index (χ3v) is 4.87. The maximum Gasteiger partial charge on any atom is 0.417 e. The number of nitrogen functional groups attached to an aromatic ring is 1. The van der Waals surface area contributed by atoms with Gasteiger partial charge in [-0.1, -0.05) is 20.4 Å². The zero-order chi connectivity index (χ0) is 21.3. The predicted octanol–water partition coefficient (Wildman–Crippen LogP) is 4.20. The Hall–Kier alpha value is -2.48. The lowest BCUT2D eigenvalue weighted by Gasteiger charge is -2.38. The number of rotatable bonds is 7. The Bertz CT molecular complexity index is 858. The molecule has 0 saturated carbocycles. The summed E-state index contributed by atoms with van der Waals surface area (Å²) in [6.45, 7) is 6.54. The fraction of sp³-hybridized carbons (Fsp3) is 0.400. The average Bonchev–Trinajstić information content (AvgIpc) is 2.93. The standard InChI is InChI=1S/C20H24F4N2O2/c1-5-14-7-8-15(26(14)25)11-19(27,20(22,23)24)12-18(2,3)16-10-13(21)6-9-17(16)28-4/h5-10,27H,1,11-12,25H2,2-4H3. The topological polar surface area (TPSA) is 60.4 Å². The van der Waals surface area contributed by atoms with Crippen molar-refractivity contribution in [3.8, 4) is 5.75 Å². The summed E-state index contributed by atoms with van der Waals surface area (Å²) in [4.78, 5) is 0. The van der Waals surface area contributed by atoms with Crippen molar-refractivity contribution in [1.29, 1.82) is 0 Å². The summed E-state index contributed by atoms with van der Waals surface area (Å²) in [6, 6.07) is 6.55. The molecule has 2 aromatic rings. The van der Waals surface area contributed by atoms with Gasteiger partial charge in [0.15, 0.2) is 5.60 Å². The number of aromatic nitrogens is 1. The van der Waals surface area contributed by atoms with Crippen LogP contribution in [0, 0.1) is 5.82 Å². The minimum atomic E-state index is -4.94. The van der Waals surface area contributed by atoms with Crippen molar-refractivity contribution in [2.75, 3.05) is 13.0 Å². The third-order valence-electron chi connectivity index (χ3n) is 4.87. The minimum absolute atomic E-state index is 0.0942. The van der Waals surface area contributed by atoms with Gasteiger partial charge in [-0.05, 0) is 48.2 Å². The van der Waals surface area contributed by atoms with Gasteiger partial charge >= 0.3 is 6.18 Å². The second-order valence-electron chi connectivity index (χ2n) is 7.44. The Kier molecular flexibility index (Phi) is 5.85. The minimum Gasteiger partial charge on any atom is -0.496 e. The van der Waals surface area contributed by atoms with E-state index in [0.29, 0.717) is 5.69 Å². The van der Waals surface area contributed by atoms with E-state index >= 15 is 0 Å². The number of nitrogens with zero attached hydrogens (tertiary/aromatic N) is 1. The molecule has 0 saturated heterocycles. The summed E-state index contributed by atoms with van der Waals surface area (Å²) in [6.07, 6.45) is -5.03. The van der Waals surface area contributed by atoms with E-state index in [0.717, 1.165) is 16.8 Å². The van der Waals surface area contributed by atoms with Crippen LogP contribution >= 0.6 is 0 Å². The van der Waals surface area contributed by atoms with Crippen molar-refractivity contribution in [3.63, 3.8) is 0 Å². The van der Waals surface area contributed by atoms with E-state index in [4.69, 9.17) is 10.6 Å². The highest BCUT2D eigenvalue weighted by atomic mass is 19.4. The molecule has 4 nitrogen and oxygen atoms in total. The second kappa shape index (κ2) is 7.50. The van der Waals surface area contributed by atoms with Crippen LogP contribution in [0.1, 0.15) is 37.2 Å². The Morgan fingerprint density at radius 1 is 1.21 bits per heavy atom. The molecule has 0 aliphatic rings. The first kappa shape index (κ1) is 21.8. The molecular weight excluding hydrogens is 376 g/mol. The van der Waals surface area contributed by atoms with Crippen LogP contribution in [-0.4, -0.2) is 28.7 Å². The van der Waals surface area contributed by atoms with Crippen LogP contribution in [0.3, 0.4) is 0 Å². The van der Waals surface area contributed by atoms with Crippen LogP contribution in [0.5, 0.6) is 5.75 Å². The summed E-state index contributed by atoms with van der Waals surface area (Å²) >= 11 is 0. The zero-order valence-electron chi connectivity index (χ0n) is 16.0. The molecule has 1 unspecified atom stereocenters.